The first kappa shape index (κ1) is 12.9. The Kier molecular flexibility index (Phi) is 2.95. The predicted molar refractivity (Wildman–Crippen MR) is 76.5 cm³/mol. The fourth-order valence-electron chi connectivity index (χ4n) is 1.97. The predicted octanol–water partition coefficient (Wildman–Crippen LogP) is 2.83. The lowest BCUT2D eigenvalue weighted by Gasteiger charge is -2.04. The number of para-hydroxylation sites is 1. The van der Waals surface area contributed by atoms with Crippen molar-refractivity contribution in [3.63, 3.8) is 0 Å². The van der Waals surface area contributed by atoms with Gasteiger partial charge < -0.3 is 14.6 Å². The van der Waals surface area contributed by atoms with E-state index in [4.69, 9.17) is 4.42 Å². The third-order valence-electron chi connectivity index (χ3n) is 3.09. The molecular weight excluding hydrogens is 270 g/mol. The van der Waals surface area contributed by atoms with Crippen molar-refractivity contribution in [3.8, 4) is 22.8 Å². The molecule has 1 aliphatic rings. The van der Waals surface area contributed by atoms with Crippen molar-refractivity contribution in [2.45, 2.75) is 0 Å². The van der Waals surface area contributed by atoms with E-state index in [1.165, 1.54) is 18.3 Å². The number of benzene rings is 1. The number of oxazole rings is 1. The van der Waals surface area contributed by atoms with Gasteiger partial charge in [0.25, 0.3) is 0 Å². The fourth-order valence-corrected chi connectivity index (χ4v) is 1.97. The summed E-state index contributed by atoms with van der Waals surface area (Å²) in [5.41, 5.74) is 1.31. The van der Waals surface area contributed by atoms with Crippen LogP contribution in [0.2, 0.25) is 0 Å². The lowest BCUT2D eigenvalue weighted by molar-refractivity contribution is -0.111. The molecule has 0 unspecified atom stereocenters. The average Bonchev–Trinajstić information content (AvgIpc) is 2.94. The molecule has 0 spiro atoms. The highest BCUT2D eigenvalue weighted by Gasteiger charge is 2.16. The quantitative estimate of drug-likeness (QED) is 0.653. The second-order valence-electron chi connectivity index (χ2n) is 4.53. The Morgan fingerprint density at radius 2 is 2.00 bits per heavy atom. The molecule has 5 heteroatoms. The Bertz CT molecular complexity index is 811. The number of phenolic OH excluding ortho intramolecular Hbond substituents is 2. The number of hydrogen-bond donors (Lipinski definition) is 2. The summed E-state index contributed by atoms with van der Waals surface area (Å²) in [6.45, 7) is 3.64. The number of nitrogens with zero attached hydrogens (tertiary/aromatic N) is 1. The van der Waals surface area contributed by atoms with Gasteiger partial charge in [0.15, 0.2) is 23.0 Å². The monoisotopic (exact) mass is 281 g/mol. The van der Waals surface area contributed by atoms with Gasteiger partial charge in [0.2, 0.25) is 5.89 Å². The summed E-state index contributed by atoms with van der Waals surface area (Å²) in [6, 6.07) is 4.57. The summed E-state index contributed by atoms with van der Waals surface area (Å²) < 4.78 is 5.57. The summed E-state index contributed by atoms with van der Waals surface area (Å²) in [4.78, 5) is 15.5. The van der Waals surface area contributed by atoms with Gasteiger partial charge in [-0.15, -0.1) is 0 Å². The van der Waals surface area contributed by atoms with E-state index in [1.807, 2.05) is 0 Å². The zero-order valence-electron chi connectivity index (χ0n) is 10.9. The molecule has 104 valence electrons. The van der Waals surface area contributed by atoms with Crippen LogP contribution in [-0.4, -0.2) is 21.0 Å². The van der Waals surface area contributed by atoms with E-state index in [0.717, 1.165) is 0 Å². The van der Waals surface area contributed by atoms with Crippen LogP contribution in [0.3, 0.4) is 0 Å². The molecule has 0 saturated heterocycles. The van der Waals surface area contributed by atoms with E-state index in [0.29, 0.717) is 28.4 Å². The van der Waals surface area contributed by atoms with Crippen LogP contribution in [0.5, 0.6) is 11.5 Å². The maximum atomic E-state index is 11.3. The SMILES string of the molecule is C=C1C=C(c2ncc(-c3cccc(O)c3O)o2)C=CC1=O. The molecule has 2 N–H and O–H groups in total. The van der Waals surface area contributed by atoms with Crippen molar-refractivity contribution < 1.29 is 19.4 Å². The van der Waals surface area contributed by atoms with E-state index in [-0.39, 0.29) is 17.3 Å². The van der Waals surface area contributed by atoms with Gasteiger partial charge in [0, 0.05) is 11.1 Å². The van der Waals surface area contributed by atoms with Crippen molar-refractivity contribution in [2.24, 2.45) is 0 Å². The van der Waals surface area contributed by atoms with Crippen molar-refractivity contribution in [1.29, 1.82) is 0 Å². The van der Waals surface area contributed by atoms with Crippen LogP contribution in [0.4, 0.5) is 0 Å². The van der Waals surface area contributed by atoms with Gasteiger partial charge in [-0.2, -0.15) is 0 Å². The minimum absolute atomic E-state index is 0.156. The van der Waals surface area contributed by atoms with Crippen LogP contribution < -0.4 is 0 Å². The zero-order chi connectivity index (χ0) is 15.0. The normalized spacial score (nSPS) is 14.4. The Hall–Kier alpha value is -3.08. The average molecular weight is 281 g/mol. The van der Waals surface area contributed by atoms with Crippen LogP contribution >= 0.6 is 0 Å². The Balaban J connectivity index is 2.00. The van der Waals surface area contributed by atoms with Crippen molar-refractivity contribution >= 4 is 11.4 Å². The molecule has 0 fully saturated rings. The minimum Gasteiger partial charge on any atom is -0.504 e. The summed E-state index contributed by atoms with van der Waals surface area (Å²) in [7, 11) is 0. The molecule has 2 aromatic rings. The zero-order valence-corrected chi connectivity index (χ0v) is 10.9. The molecular formula is C16H11NO4. The van der Waals surface area contributed by atoms with Gasteiger partial charge in [-0.1, -0.05) is 12.6 Å². The van der Waals surface area contributed by atoms with Crippen molar-refractivity contribution in [1.82, 2.24) is 4.98 Å². The largest absolute Gasteiger partial charge is 0.504 e. The summed E-state index contributed by atoms with van der Waals surface area (Å²) in [6.07, 6.45) is 6.01. The number of aromatic nitrogens is 1. The van der Waals surface area contributed by atoms with E-state index in [9.17, 15) is 15.0 Å². The number of ketones is 1. The molecule has 0 aliphatic heterocycles. The first-order valence-electron chi connectivity index (χ1n) is 6.17. The Morgan fingerprint density at radius 3 is 2.76 bits per heavy atom. The number of hydrogen-bond acceptors (Lipinski definition) is 5. The molecule has 1 aliphatic carbocycles. The molecule has 0 amide bonds. The molecule has 5 nitrogen and oxygen atoms in total. The summed E-state index contributed by atoms with van der Waals surface area (Å²) in [5, 5.41) is 19.3. The molecule has 0 saturated carbocycles. The Morgan fingerprint density at radius 1 is 1.19 bits per heavy atom. The lowest BCUT2D eigenvalue weighted by Crippen LogP contribution is -1.99. The standard InChI is InChI=1S/C16H11NO4/c1-9-7-10(5-6-12(9)18)16-17-8-14(21-16)11-3-2-4-13(19)15(11)20/h2-8,19-20H,1H2. The van der Waals surface area contributed by atoms with Crippen molar-refractivity contribution in [2.75, 3.05) is 0 Å². The number of aromatic hydroxyl groups is 2. The van der Waals surface area contributed by atoms with Crippen LogP contribution in [0.25, 0.3) is 16.9 Å². The van der Waals surface area contributed by atoms with Gasteiger partial charge in [-0.3, -0.25) is 4.79 Å². The van der Waals surface area contributed by atoms with Gasteiger partial charge >= 0.3 is 0 Å². The smallest absolute Gasteiger partial charge is 0.226 e. The maximum absolute atomic E-state index is 11.3. The third-order valence-corrected chi connectivity index (χ3v) is 3.09. The molecule has 1 heterocycles. The third kappa shape index (κ3) is 2.25. The molecule has 1 aromatic heterocycles. The molecule has 0 radical (unpaired) electrons. The van der Waals surface area contributed by atoms with Crippen molar-refractivity contribution in [3.05, 3.63) is 60.7 Å². The highest BCUT2D eigenvalue weighted by molar-refractivity contribution is 6.10. The van der Waals surface area contributed by atoms with E-state index in [1.54, 1.807) is 24.3 Å². The van der Waals surface area contributed by atoms with E-state index < -0.39 is 0 Å². The first-order valence-corrected chi connectivity index (χ1v) is 6.17. The van der Waals surface area contributed by atoms with Gasteiger partial charge in [-0.25, -0.2) is 4.98 Å². The van der Waals surface area contributed by atoms with Crippen LogP contribution in [-0.2, 0) is 4.79 Å². The maximum Gasteiger partial charge on any atom is 0.226 e. The van der Waals surface area contributed by atoms with E-state index in [2.05, 4.69) is 11.6 Å². The molecule has 1 aromatic carbocycles. The fraction of sp³-hybridized carbons (Fsp3) is 0. The van der Waals surface area contributed by atoms with Crippen LogP contribution in [0.15, 0.2) is 59.2 Å². The lowest BCUT2D eigenvalue weighted by atomic mass is 10.0. The number of phenols is 2. The number of allylic oxidation sites excluding steroid dienone is 5. The molecule has 3 rings (SSSR count). The second-order valence-corrected chi connectivity index (χ2v) is 4.53. The highest BCUT2D eigenvalue weighted by atomic mass is 16.4. The molecule has 0 atom stereocenters. The number of carbonyl (C=O) groups is 1. The number of rotatable bonds is 2. The summed E-state index contributed by atoms with van der Waals surface area (Å²) in [5.74, 6) is -0.0434. The van der Waals surface area contributed by atoms with E-state index >= 15 is 0 Å². The van der Waals surface area contributed by atoms with Gasteiger partial charge in [0.1, 0.15) is 0 Å². The summed E-state index contributed by atoms with van der Waals surface area (Å²) >= 11 is 0. The van der Waals surface area contributed by atoms with Gasteiger partial charge in [-0.05, 0) is 30.4 Å². The molecule has 0 bridgehead atoms. The highest BCUT2D eigenvalue weighted by Crippen LogP contribution is 2.37. The number of carbonyl (C=O) groups excluding carboxylic acids is 1. The first-order chi connectivity index (χ1) is 10.1. The van der Waals surface area contributed by atoms with Crippen LogP contribution in [0.1, 0.15) is 5.89 Å². The topological polar surface area (TPSA) is 83.6 Å². The second kappa shape index (κ2) is 4.79. The molecule has 21 heavy (non-hydrogen) atoms. The minimum atomic E-state index is -0.270. The van der Waals surface area contributed by atoms with Gasteiger partial charge in [0.05, 0.1) is 11.8 Å². The Labute approximate surface area is 120 Å². The van der Waals surface area contributed by atoms with Crippen LogP contribution in [0, 0.1) is 0 Å².